The molecule has 2 aliphatic rings. The predicted octanol–water partition coefficient (Wildman–Crippen LogP) is 3.50. The molecule has 1 saturated carbocycles. The molecule has 2 fully saturated rings. The van der Waals surface area contributed by atoms with Crippen LogP contribution in [-0.4, -0.2) is 47.6 Å². The van der Waals surface area contributed by atoms with E-state index in [9.17, 15) is 14.9 Å². The van der Waals surface area contributed by atoms with Gasteiger partial charge in [-0.1, -0.05) is 0 Å². The normalized spacial score (nSPS) is 20.9. The molecule has 1 aliphatic heterocycles. The first-order chi connectivity index (χ1) is 16.5. The van der Waals surface area contributed by atoms with Gasteiger partial charge in [0.25, 0.3) is 5.91 Å². The van der Waals surface area contributed by atoms with E-state index in [0.717, 1.165) is 80.6 Å². The first-order valence-electron chi connectivity index (χ1n) is 12.0. The Hall–Kier alpha value is -3.47. The van der Waals surface area contributed by atoms with Gasteiger partial charge in [-0.25, -0.2) is 0 Å². The lowest BCUT2D eigenvalue weighted by atomic mass is 9.92. The van der Waals surface area contributed by atoms with E-state index in [-0.39, 0.29) is 24.0 Å². The van der Waals surface area contributed by atoms with E-state index in [1.54, 1.807) is 6.07 Å². The number of rotatable bonds is 6. The highest BCUT2D eigenvalue weighted by atomic mass is 16.5. The molecule has 4 rings (SSSR count). The Kier molecular flexibility index (Phi) is 7.41. The van der Waals surface area contributed by atoms with Crippen molar-refractivity contribution in [3.8, 4) is 11.8 Å². The summed E-state index contributed by atoms with van der Waals surface area (Å²) in [6, 6.07) is 9.52. The van der Waals surface area contributed by atoms with Gasteiger partial charge < -0.3 is 19.7 Å². The minimum Gasteiger partial charge on any atom is -0.490 e. The molecule has 178 valence electrons. The third-order valence-corrected chi connectivity index (χ3v) is 7.10. The Bertz CT molecular complexity index is 1060. The highest BCUT2D eigenvalue weighted by molar-refractivity contribution is 5.92. The summed E-state index contributed by atoms with van der Waals surface area (Å²) in [5.74, 6) is 1.50. The Morgan fingerprint density at radius 1 is 1.06 bits per heavy atom. The molecule has 1 saturated heterocycles. The van der Waals surface area contributed by atoms with Crippen molar-refractivity contribution >= 4 is 18.0 Å². The maximum Gasteiger partial charge on any atom is 0.272 e. The maximum atomic E-state index is 12.7. The van der Waals surface area contributed by atoms with E-state index in [1.807, 2.05) is 32.0 Å². The number of nitrogens with zero attached hydrogens (tertiary/aromatic N) is 4. The van der Waals surface area contributed by atoms with Crippen molar-refractivity contribution in [1.82, 2.24) is 15.5 Å². The lowest BCUT2D eigenvalue weighted by Crippen LogP contribution is -2.40. The lowest BCUT2D eigenvalue weighted by Gasteiger charge is -2.30. The first kappa shape index (κ1) is 23.7. The number of benzene rings is 1. The molecule has 8 heteroatoms. The van der Waals surface area contributed by atoms with Gasteiger partial charge in [0.05, 0.1) is 17.7 Å². The number of aldehydes is 1. The van der Waals surface area contributed by atoms with Gasteiger partial charge in [-0.15, -0.1) is 10.2 Å². The molecule has 34 heavy (non-hydrogen) atoms. The second-order valence-electron chi connectivity index (χ2n) is 9.28. The quantitative estimate of drug-likeness (QED) is 0.656. The number of amides is 1. The smallest absolute Gasteiger partial charge is 0.272 e. The molecule has 0 atom stereocenters. The van der Waals surface area contributed by atoms with Gasteiger partial charge in [0, 0.05) is 25.0 Å². The second kappa shape index (κ2) is 10.6. The maximum absolute atomic E-state index is 12.7. The van der Waals surface area contributed by atoms with Crippen LogP contribution in [0.1, 0.15) is 65.7 Å². The Labute approximate surface area is 200 Å². The van der Waals surface area contributed by atoms with Crippen LogP contribution in [0.25, 0.3) is 0 Å². The van der Waals surface area contributed by atoms with E-state index in [0.29, 0.717) is 11.3 Å². The molecule has 2 aromatic rings. The molecule has 1 N–H and O–H groups in total. The van der Waals surface area contributed by atoms with Crippen LogP contribution in [-0.2, 0) is 4.79 Å². The van der Waals surface area contributed by atoms with E-state index < -0.39 is 0 Å². The highest BCUT2D eigenvalue weighted by Gasteiger charge is 2.25. The summed E-state index contributed by atoms with van der Waals surface area (Å²) in [6.07, 6.45) is 6.15. The van der Waals surface area contributed by atoms with Crippen LogP contribution in [0.4, 0.5) is 5.82 Å². The molecule has 2 heterocycles. The fraction of sp³-hybridized carbons (Fsp3) is 0.500. The van der Waals surface area contributed by atoms with Crippen molar-refractivity contribution in [2.75, 3.05) is 18.0 Å². The molecule has 1 amide bonds. The van der Waals surface area contributed by atoms with Gasteiger partial charge >= 0.3 is 0 Å². The molecule has 0 spiro atoms. The fourth-order valence-electron chi connectivity index (χ4n) is 4.69. The minimum atomic E-state index is -0.207. The zero-order chi connectivity index (χ0) is 24.1. The standard InChI is InChI=1S/C26H31N5O3/c1-17-18(2)24(9-3-20(17)15-27)34-22-6-4-21(5-7-22)28-26(33)23-8-10-25(30-29-23)31-13-11-19(16-32)12-14-31/h3,8-10,16,19,21-22H,4-7,11-14H2,1-2H3,(H,28,33). The van der Waals surface area contributed by atoms with Gasteiger partial charge in [-0.2, -0.15) is 5.26 Å². The number of hydrogen-bond acceptors (Lipinski definition) is 7. The minimum absolute atomic E-state index is 0.0833. The van der Waals surface area contributed by atoms with Crippen LogP contribution >= 0.6 is 0 Å². The lowest BCUT2D eigenvalue weighted by molar-refractivity contribution is -0.111. The van der Waals surface area contributed by atoms with Crippen molar-refractivity contribution < 1.29 is 14.3 Å². The van der Waals surface area contributed by atoms with Crippen LogP contribution in [0.2, 0.25) is 0 Å². The number of aromatic nitrogens is 2. The molecule has 0 unspecified atom stereocenters. The molecule has 0 bridgehead atoms. The molecular weight excluding hydrogens is 430 g/mol. The summed E-state index contributed by atoms with van der Waals surface area (Å²) in [4.78, 5) is 25.7. The van der Waals surface area contributed by atoms with Crippen molar-refractivity contribution in [3.63, 3.8) is 0 Å². The van der Waals surface area contributed by atoms with Crippen LogP contribution in [0.15, 0.2) is 24.3 Å². The van der Waals surface area contributed by atoms with E-state index in [1.165, 1.54) is 0 Å². The van der Waals surface area contributed by atoms with Gasteiger partial charge in [0.15, 0.2) is 11.5 Å². The van der Waals surface area contributed by atoms with E-state index in [4.69, 9.17) is 4.74 Å². The topological polar surface area (TPSA) is 108 Å². The van der Waals surface area contributed by atoms with Gasteiger partial charge in [0.1, 0.15) is 12.0 Å². The molecule has 1 aromatic carbocycles. The van der Waals surface area contributed by atoms with Crippen molar-refractivity contribution in [1.29, 1.82) is 5.26 Å². The largest absolute Gasteiger partial charge is 0.490 e. The number of nitriles is 1. The fourth-order valence-corrected chi connectivity index (χ4v) is 4.69. The van der Waals surface area contributed by atoms with Gasteiger partial charge in [-0.05, 0) is 87.8 Å². The number of ether oxygens (including phenoxy) is 1. The van der Waals surface area contributed by atoms with Crippen LogP contribution < -0.4 is 15.0 Å². The Morgan fingerprint density at radius 2 is 1.79 bits per heavy atom. The van der Waals surface area contributed by atoms with Gasteiger partial charge in [-0.3, -0.25) is 4.79 Å². The summed E-state index contributed by atoms with van der Waals surface area (Å²) in [5.41, 5.74) is 2.95. The molecule has 1 aromatic heterocycles. The predicted molar refractivity (Wildman–Crippen MR) is 128 cm³/mol. The zero-order valence-corrected chi connectivity index (χ0v) is 19.8. The van der Waals surface area contributed by atoms with Crippen molar-refractivity contribution in [3.05, 3.63) is 46.6 Å². The molecule has 0 radical (unpaired) electrons. The average Bonchev–Trinajstić information content (AvgIpc) is 2.88. The first-order valence-corrected chi connectivity index (χ1v) is 12.0. The number of piperidine rings is 1. The number of carbonyl (C=O) groups excluding carboxylic acids is 2. The van der Waals surface area contributed by atoms with Crippen LogP contribution in [0.3, 0.4) is 0 Å². The average molecular weight is 462 g/mol. The summed E-state index contributed by atoms with van der Waals surface area (Å²) in [5, 5.41) is 20.6. The van der Waals surface area contributed by atoms with E-state index in [2.05, 4.69) is 26.5 Å². The third kappa shape index (κ3) is 5.36. The van der Waals surface area contributed by atoms with Crippen molar-refractivity contribution in [2.45, 2.75) is 64.5 Å². The summed E-state index contributed by atoms with van der Waals surface area (Å²) in [6.45, 7) is 5.47. The summed E-state index contributed by atoms with van der Waals surface area (Å²) in [7, 11) is 0. The number of hydrogen-bond donors (Lipinski definition) is 1. The second-order valence-corrected chi connectivity index (χ2v) is 9.28. The summed E-state index contributed by atoms with van der Waals surface area (Å²) < 4.78 is 6.22. The third-order valence-electron chi connectivity index (χ3n) is 7.10. The summed E-state index contributed by atoms with van der Waals surface area (Å²) >= 11 is 0. The number of anilines is 1. The Morgan fingerprint density at radius 3 is 2.41 bits per heavy atom. The Balaban J connectivity index is 1.26. The van der Waals surface area contributed by atoms with E-state index >= 15 is 0 Å². The van der Waals surface area contributed by atoms with Gasteiger partial charge in [0.2, 0.25) is 0 Å². The molecule has 8 nitrogen and oxygen atoms in total. The number of carbonyl (C=O) groups is 2. The highest BCUT2D eigenvalue weighted by Crippen LogP contribution is 2.29. The monoisotopic (exact) mass is 461 g/mol. The SMILES string of the molecule is Cc1c(C#N)ccc(OC2CCC(NC(=O)c3ccc(N4CCC(C=O)CC4)nn3)CC2)c1C. The van der Waals surface area contributed by atoms with Crippen molar-refractivity contribution in [2.24, 2.45) is 5.92 Å². The van der Waals surface area contributed by atoms with Crippen LogP contribution in [0.5, 0.6) is 5.75 Å². The molecule has 1 aliphatic carbocycles. The molecular formula is C26H31N5O3. The zero-order valence-electron chi connectivity index (χ0n) is 19.8. The van der Waals surface area contributed by atoms with Crippen LogP contribution in [0, 0.1) is 31.1 Å². The number of nitrogens with one attached hydrogen (secondary N) is 1.